The molecular weight excluding hydrogens is 230 g/mol. The highest BCUT2D eigenvalue weighted by Crippen LogP contribution is 2.21. The average molecular weight is 243 g/mol. The van der Waals surface area contributed by atoms with Crippen molar-refractivity contribution in [2.75, 3.05) is 13.1 Å². The van der Waals surface area contributed by atoms with Crippen LogP contribution in [0.25, 0.3) is 0 Å². The highest BCUT2D eigenvalue weighted by molar-refractivity contribution is 5.92. The van der Waals surface area contributed by atoms with E-state index in [0.717, 1.165) is 5.69 Å². The van der Waals surface area contributed by atoms with E-state index in [9.17, 15) is 4.79 Å². The summed E-state index contributed by atoms with van der Waals surface area (Å²) < 4.78 is 1.88. The molecule has 1 aliphatic rings. The quantitative estimate of drug-likeness (QED) is 0.778. The lowest BCUT2D eigenvalue weighted by Gasteiger charge is -2.38. The van der Waals surface area contributed by atoms with Gasteiger partial charge in [0.15, 0.2) is 0 Å². The molecule has 0 bridgehead atoms. The fraction of sp³-hybridized carbons (Fsp3) is 0.333. The van der Waals surface area contributed by atoms with E-state index in [-0.39, 0.29) is 11.9 Å². The first-order valence-electron chi connectivity index (χ1n) is 5.81. The van der Waals surface area contributed by atoms with E-state index >= 15 is 0 Å². The van der Waals surface area contributed by atoms with Gasteiger partial charge in [0, 0.05) is 31.7 Å². The molecule has 6 nitrogen and oxygen atoms in total. The Balaban J connectivity index is 1.65. The smallest absolute Gasteiger partial charge is 0.274 e. The summed E-state index contributed by atoms with van der Waals surface area (Å²) in [5, 5.41) is 4.17. The Hall–Kier alpha value is -2.24. The lowest BCUT2D eigenvalue weighted by atomic mass is 10.1. The molecule has 0 radical (unpaired) electrons. The van der Waals surface area contributed by atoms with Crippen LogP contribution in [0.15, 0.2) is 30.9 Å². The predicted molar refractivity (Wildman–Crippen MR) is 63.9 cm³/mol. The van der Waals surface area contributed by atoms with E-state index in [1.54, 1.807) is 17.3 Å². The minimum absolute atomic E-state index is 0.0640. The molecule has 18 heavy (non-hydrogen) atoms. The molecule has 3 heterocycles. The molecule has 1 aliphatic heterocycles. The van der Waals surface area contributed by atoms with E-state index < -0.39 is 0 Å². The maximum atomic E-state index is 12.0. The van der Waals surface area contributed by atoms with Crippen LogP contribution in [0.4, 0.5) is 0 Å². The summed E-state index contributed by atoms with van der Waals surface area (Å²) in [5.74, 6) is -0.0640. The third kappa shape index (κ3) is 1.85. The van der Waals surface area contributed by atoms with Crippen LogP contribution in [0.5, 0.6) is 0 Å². The summed E-state index contributed by atoms with van der Waals surface area (Å²) in [6, 6.07) is 2.16. The summed E-state index contributed by atoms with van der Waals surface area (Å²) in [7, 11) is 0. The molecule has 0 saturated carbocycles. The molecule has 0 spiro atoms. The summed E-state index contributed by atoms with van der Waals surface area (Å²) in [6.45, 7) is 3.20. The second-order valence-electron chi connectivity index (χ2n) is 4.39. The average Bonchev–Trinajstić information content (AvgIpc) is 2.81. The van der Waals surface area contributed by atoms with Crippen LogP contribution >= 0.6 is 0 Å². The lowest BCUT2D eigenvalue weighted by molar-refractivity contribution is 0.0495. The standard InChI is InChI=1S/C12H13N5O/c1-9-5-14-11(6-13-9)12(18)16-7-10(8-16)17-4-2-3-15-17/h2-6,10H,7-8H2,1H3. The summed E-state index contributed by atoms with van der Waals surface area (Å²) in [6.07, 6.45) is 6.80. The SMILES string of the molecule is Cc1cnc(C(=O)N2CC(n3cccn3)C2)cn1. The van der Waals surface area contributed by atoms with Crippen molar-refractivity contribution in [3.63, 3.8) is 0 Å². The predicted octanol–water partition coefficient (Wildman–Crippen LogP) is 0.679. The first-order valence-corrected chi connectivity index (χ1v) is 5.81. The van der Waals surface area contributed by atoms with Gasteiger partial charge in [0.1, 0.15) is 5.69 Å². The van der Waals surface area contributed by atoms with Gasteiger partial charge in [-0.3, -0.25) is 14.5 Å². The van der Waals surface area contributed by atoms with Crippen LogP contribution in [-0.4, -0.2) is 43.6 Å². The number of carbonyl (C=O) groups excluding carboxylic acids is 1. The number of nitrogens with zero attached hydrogens (tertiary/aromatic N) is 5. The molecule has 0 aromatic carbocycles. The van der Waals surface area contributed by atoms with Gasteiger partial charge in [0.25, 0.3) is 5.91 Å². The molecule has 0 unspecified atom stereocenters. The van der Waals surface area contributed by atoms with Gasteiger partial charge in [-0.15, -0.1) is 0 Å². The fourth-order valence-corrected chi connectivity index (χ4v) is 1.95. The number of amides is 1. The zero-order chi connectivity index (χ0) is 12.5. The number of aryl methyl sites for hydroxylation is 1. The highest BCUT2D eigenvalue weighted by Gasteiger charge is 2.33. The Labute approximate surface area is 104 Å². The third-order valence-electron chi connectivity index (χ3n) is 3.05. The van der Waals surface area contributed by atoms with Crippen molar-refractivity contribution in [1.82, 2.24) is 24.6 Å². The molecule has 92 valence electrons. The van der Waals surface area contributed by atoms with Crippen LogP contribution < -0.4 is 0 Å². The van der Waals surface area contributed by atoms with E-state index in [0.29, 0.717) is 18.8 Å². The molecule has 0 aliphatic carbocycles. The number of likely N-dealkylation sites (tertiary alicyclic amines) is 1. The molecule has 6 heteroatoms. The van der Waals surface area contributed by atoms with Crippen molar-refractivity contribution >= 4 is 5.91 Å². The second-order valence-corrected chi connectivity index (χ2v) is 4.39. The molecule has 2 aromatic heterocycles. The van der Waals surface area contributed by atoms with Crippen LogP contribution in [-0.2, 0) is 0 Å². The molecule has 0 atom stereocenters. The first kappa shape index (κ1) is 10.9. The maximum absolute atomic E-state index is 12.0. The van der Waals surface area contributed by atoms with E-state index in [1.807, 2.05) is 23.9 Å². The van der Waals surface area contributed by atoms with Gasteiger partial charge in [-0.05, 0) is 13.0 Å². The van der Waals surface area contributed by atoms with Crippen molar-refractivity contribution < 1.29 is 4.79 Å². The highest BCUT2D eigenvalue weighted by atomic mass is 16.2. The van der Waals surface area contributed by atoms with Crippen LogP contribution in [0.2, 0.25) is 0 Å². The molecule has 0 N–H and O–H groups in total. The van der Waals surface area contributed by atoms with Crippen molar-refractivity contribution in [3.8, 4) is 0 Å². The van der Waals surface area contributed by atoms with Gasteiger partial charge in [0.2, 0.25) is 0 Å². The summed E-state index contributed by atoms with van der Waals surface area (Å²) in [5.41, 5.74) is 1.21. The van der Waals surface area contributed by atoms with Crippen LogP contribution in [0.1, 0.15) is 22.2 Å². The Bertz CT molecular complexity index is 542. The van der Waals surface area contributed by atoms with Crippen molar-refractivity contribution in [1.29, 1.82) is 0 Å². The zero-order valence-electron chi connectivity index (χ0n) is 10.0. The van der Waals surface area contributed by atoms with Crippen LogP contribution in [0.3, 0.4) is 0 Å². The Morgan fingerprint density at radius 2 is 2.17 bits per heavy atom. The van der Waals surface area contributed by atoms with E-state index in [2.05, 4.69) is 15.1 Å². The summed E-state index contributed by atoms with van der Waals surface area (Å²) >= 11 is 0. The minimum atomic E-state index is -0.0640. The van der Waals surface area contributed by atoms with Crippen molar-refractivity contribution in [3.05, 3.63) is 42.2 Å². The molecular formula is C12H13N5O. The Kier molecular flexibility index (Phi) is 2.55. The second kappa shape index (κ2) is 4.21. The molecule has 1 amide bonds. The molecule has 1 saturated heterocycles. The molecule has 3 rings (SSSR count). The normalized spacial score (nSPS) is 15.5. The van der Waals surface area contributed by atoms with Gasteiger partial charge in [-0.2, -0.15) is 5.10 Å². The Morgan fingerprint density at radius 1 is 1.33 bits per heavy atom. The number of hydrogen-bond donors (Lipinski definition) is 0. The van der Waals surface area contributed by atoms with Crippen molar-refractivity contribution in [2.45, 2.75) is 13.0 Å². The number of aromatic nitrogens is 4. The number of rotatable bonds is 2. The largest absolute Gasteiger partial charge is 0.333 e. The third-order valence-corrected chi connectivity index (χ3v) is 3.05. The topological polar surface area (TPSA) is 63.9 Å². The van der Waals surface area contributed by atoms with Gasteiger partial charge < -0.3 is 4.90 Å². The molecule has 2 aromatic rings. The van der Waals surface area contributed by atoms with E-state index in [1.165, 1.54) is 6.20 Å². The number of hydrogen-bond acceptors (Lipinski definition) is 4. The zero-order valence-corrected chi connectivity index (χ0v) is 10.0. The Morgan fingerprint density at radius 3 is 2.78 bits per heavy atom. The first-order chi connectivity index (χ1) is 8.74. The van der Waals surface area contributed by atoms with Crippen molar-refractivity contribution in [2.24, 2.45) is 0 Å². The van der Waals surface area contributed by atoms with Gasteiger partial charge in [0.05, 0.1) is 17.9 Å². The lowest BCUT2D eigenvalue weighted by Crippen LogP contribution is -2.51. The van der Waals surface area contributed by atoms with Gasteiger partial charge >= 0.3 is 0 Å². The van der Waals surface area contributed by atoms with E-state index in [4.69, 9.17) is 0 Å². The van der Waals surface area contributed by atoms with Gasteiger partial charge in [-0.25, -0.2) is 4.98 Å². The minimum Gasteiger partial charge on any atom is -0.333 e. The molecule has 1 fully saturated rings. The van der Waals surface area contributed by atoms with Crippen LogP contribution in [0, 0.1) is 6.92 Å². The summed E-state index contributed by atoms with van der Waals surface area (Å²) in [4.78, 5) is 22.0. The monoisotopic (exact) mass is 243 g/mol. The number of carbonyl (C=O) groups is 1. The maximum Gasteiger partial charge on any atom is 0.274 e. The van der Waals surface area contributed by atoms with Gasteiger partial charge in [-0.1, -0.05) is 0 Å². The fourth-order valence-electron chi connectivity index (χ4n) is 1.95.